The van der Waals surface area contributed by atoms with Crippen LogP contribution < -0.4 is 31.3 Å². The number of para-hydroxylation sites is 1. The number of anilines is 2. The van der Waals surface area contributed by atoms with E-state index in [1.807, 2.05) is 42.2 Å². The largest absolute Gasteiger partial charge is 0.361 e. The molecule has 7 heteroatoms. The average Bonchev–Trinajstić information content (AvgIpc) is 2.89. The molecule has 0 aromatic heterocycles. The summed E-state index contributed by atoms with van der Waals surface area (Å²) in [6.07, 6.45) is 2.15. The van der Waals surface area contributed by atoms with Gasteiger partial charge in [-0.2, -0.15) is 5.32 Å². The summed E-state index contributed by atoms with van der Waals surface area (Å²) < 4.78 is 0. The van der Waals surface area contributed by atoms with Crippen LogP contribution in [0.1, 0.15) is 37.5 Å². The average molecular weight is 403 g/mol. The van der Waals surface area contributed by atoms with E-state index in [0.717, 1.165) is 28.1 Å². The number of nitrogens with two attached hydrogens (primary N) is 1. The molecule has 3 aliphatic heterocycles. The van der Waals surface area contributed by atoms with Crippen LogP contribution in [0.15, 0.2) is 48.5 Å². The molecule has 0 unspecified atom stereocenters. The molecule has 7 nitrogen and oxygen atoms in total. The maximum atomic E-state index is 14.0. The molecule has 0 radical (unpaired) electrons. The van der Waals surface area contributed by atoms with Crippen molar-refractivity contribution in [3.8, 4) is 0 Å². The van der Waals surface area contributed by atoms with Gasteiger partial charge in [0, 0.05) is 5.56 Å². The van der Waals surface area contributed by atoms with Crippen molar-refractivity contribution in [2.45, 2.75) is 38.9 Å². The summed E-state index contributed by atoms with van der Waals surface area (Å²) >= 11 is 0. The van der Waals surface area contributed by atoms with Gasteiger partial charge in [0.15, 0.2) is 0 Å². The molecule has 6 N–H and O–H groups in total. The Morgan fingerprint density at radius 1 is 1.10 bits per heavy atom. The van der Waals surface area contributed by atoms with E-state index in [4.69, 9.17) is 5.73 Å². The summed E-state index contributed by atoms with van der Waals surface area (Å²) in [7, 11) is 0. The highest BCUT2D eigenvalue weighted by atomic mass is 16.2. The molecule has 152 valence electrons. The molecule has 1 atom stereocenters. The second-order valence-corrected chi connectivity index (χ2v) is 8.73. The number of aryl methyl sites for hydroxylation is 1. The van der Waals surface area contributed by atoms with Crippen molar-refractivity contribution in [3.05, 3.63) is 65.2 Å². The van der Waals surface area contributed by atoms with Crippen molar-refractivity contribution >= 4 is 34.8 Å². The van der Waals surface area contributed by atoms with Gasteiger partial charge >= 0.3 is 23.5 Å². The van der Waals surface area contributed by atoms with Crippen molar-refractivity contribution in [3.63, 3.8) is 0 Å². The molecule has 0 saturated carbocycles. The van der Waals surface area contributed by atoms with Gasteiger partial charge in [0.2, 0.25) is 0 Å². The number of amides is 1. The molecular formula is C23H26N6O+2. The molecule has 1 spiro atoms. The molecule has 3 heterocycles. The summed E-state index contributed by atoms with van der Waals surface area (Å²) in [5.41, 5.74) is 10.6. The number of fused-ring (bicyclic) bond motifs is 1. The lowest BCUT2D eigenvalue weighted by atomic mass is 9.88. The minimum Gasteiger partial charge on any atom is -0.295 e. The Labute approximate surface area is 175 Å². The first kappa shape index (κ1) is 18.4. The molecule has 5 rings (SSSR count). The predicted octanol–water partition coefficient (Wildman–Crippen LogP) is -0.763. The summed E-state index contributed by atoms with van der Waals surface area (Å²) in [4.78, 5) is 22.4. The van der Waals surface area contributed by atoms with E-state index in [-0.39, 0.29) is 5.91 Å². The Morgan fingerprint density at radius 3 is 2.57 bits per heavy atom. The summed E-state index contributed by atoms with van der Waals surface area (Å²) in [5, 5.41) is 6.36. The third-order valence-corrected chi connectivity index (χ3v) is 5.91. The fourth-order valence-corrected chi connectivity index (χ4v) is 4.80. The number of guanidine groups is 2. The number of nitrogens with one attached hydrogen (secondary N) is 4. The number of allylic oxidation sites excluding steroid dienone is 1. The molecule has 1 amide bonds. The molecular weight excluding hydrogens is 376 g/mol. The summed E-state index contributed by atoms with van der Waals surface area (Å²) in [6.45, 7) is 8.26. The summed E-state index contributed by atoms with van der Waals surface area (Å²) in [6, 6.07) is 13.9. The van der Waals surface area contributed by atoms with Crippen LogP contribution in [0.5, 0.6) is 0 Å². The van der Waals surface area contributed by atoms with Gasteiger partial charge in [-0.25, -0.2) is 15.3 Å². The van der Waals surface area contributed by atoms with Gasteiger partial charge in [-0.3, -0.25) is 15.4 Å². The third-order valence-electron chi connectivity index (χ3n) is 5.91. The normalized spacial score (nSPS) is 23.4. The van der Waals surface area contributed by atoms with Crippen molar-refractivity contribution in [1.29, 1.82) is 0 Å². The van der Waals surface area contributed by atoms with Gasteiger partial charge in [0.1, 0.15) is 0 Å². The zero-order valence-corrected chi connectivity index (χ0v) is 17.6. The fraction of sp³-hybridized carbons (Fsp3) is 0.261. The number of nitrogens with zero attached hydrogens (tertiary/aromatic N) is 1. The molecule has 0 saturated heterocycles. The van der Waals surface area contributed by atoms with Gasteiger partial charge in [-0.15, -0.1) is 0 Å². The van der Waals surface area contributed by atoms with E-state index in [0.29, 0.717) is 11.9 Å². The van der Waals surface area contributed by atoms with Crippen LogP contribution in [-0.2, 0) is 10.5 Å². The number of carbonyl (C=O) groups is 1. The zero-order chi connectivity index (χ0) is 21.3. The van der Waals surface area contributed by atoms with E-state index in [9.17, 15) is 4.79 Å². The van der Waals surface area contributed by atoms with Gasteiger partial charge in [0.05, 0.1) is 22.5 Å². The second-order valence-electron chi connectivity index (χ2n) is 8.73. The van der Waals surface area contributed by atoms with Crippen molar-refractivity contribution in [2.75, 3.05) is 10.2 Å². The number of hydrogen-bond acceptors (Lipinski definition) is 4. The Balaban J connectivity index is 1.73. The fourth-order valence-electron chi connectivity index (χ4n) is 4.80. The van der Waals surface area contributed by atoms with Crippen molar-refractivity contribution < 1.29 is 14.8 Å². The van der Waals surface area contributed by atoms with Crippen LogP contribution in [0.4, 0.5) is 11.4 Å². The number of rotatable bonds is 1. The van der Waals surface area contributed by atoms with Crippen LogP contribution >= 0.6 is 0 Å². The van der Waals surface area contributed by atoms with E-state index in [2.05, 4.69) is 59.6 Å². The summed E-state index contributed by atoms with van der Waals surface area (Å²) in [5.74, 6) is 0.761. The quantitative estimate of drug-likeness (QED) is 0.433. The highest BCUT2D eigenvalue weighted by molar-refractivity contribution is 6.12. The molecule has 0 aliphatic carbocycles. The third kappa shape index (κ3) is 2.48. The first-order valence-electron chi connectivity index (χ1n) is 10.1. The lowest BCUT2D eigenvalue weighted by Crippen LogP contribution is -3.14. The first-order chi connectivity index (χ1) is 14.2. The number of benzene rings is 2. The van der Waals surface area contributed by atoms with Gasteiger partial charge in [-0.05, 0) is 63.1 Å². The van der Waals surface area contributed by atoms with E-state index in [1.165, 1.54) is 5.57 Å². The Bertz CT molecular complexity index is 1180. The van der Waals surface area contributed by atoms with Crippen LogP contribution in [0.2, 0.25) is 0 Å². The van der Waals surface area contributed by atoms with E-state index in [1.54, 1.807) is 0 Å². The maximum absolute atomic E-state index is 14.0. The maximum Gasteiger partial charge on any atom is 0.361 e. The van der Waals surface area contributed by atoms with Crippen LogP contribution in [-0.4, -0.2) is 23.4 Å². The smallest absolute Gasteiger partial charge is 0.295 e. The Kier molecular flexibility index (Phi) is 3.65. The molecule has 2 aromatic rings. The van der Waals surface area contributed by atoms with Gasteiger partial charge in [0.25, 0.3) is 0 Å². The van der Waals surface area contributed by atoms with E-state index < -0.39 is 11.2 Å². The standard InChI is InChI=1S/C23H24N6O/c1-13-10-16-14(2)12-22(3,4)29-18(16)17(11-13)23(19(29)30)27-20(24)26-21(28-23)25-15-8-6-5-7-9-15/h5-12H,1-4H3,(H4,24,25,26,27,28)/p+2/t23-/m0/s1. The molecule has 30 heavy (non-hydrogen) atoms. The first-order valence-corrected chi connectivity index (χ1v) is 10.1. The van der Waals surface area contributed by atoms with Gasteiger partial charge < -0.3 is 0 Å². The number of hydrogen-bond donors (Lipinski definition) is 5. The molecule has 0 fully saturated rings. The van der Waals surface area contributed by atoms with E-state index >= 15 is 0 Å². The van der Waals surface area contributed by atoms with Crippen LogP contribution in [0.25, 0.3) is 5.57 Å². The molecule has 3 aliphatic rings. The SMILES string of the molecule is CC1=CC(C)(C)N2C(=O)[C@]3([NH+]=C(N)NC(Nc4ccccc4)=[NH+]3)c3cc(C)cc1c32. The van der Waals surface area contributed by atoms with Crippen molar-refractivity contribution in [1.82, 2.24) is 5.32 Å². The Morgan fingerprint density at radius 2 is 1.83 bits per heavy atom. The molecule has 0 bridgehead atoms. The minimum atomic E-state index is -1.20. The van der Waals surface area contributed by atoms with Crippen LogP contribution in [0.3, 0.4) is 0 Å². The monoisotopic (exact) mass is 402 g/mol. The topological polar surface area (TPSA) is 98.3 Å². The predicted molar refractivity (Wildman–Crippen MR) is 117 cm³/mol. The lowest BCUT2D eigenvalue weighted by Gasteiger charge is -2.38. The lowest BCUT2D eigenvalue weighted by molar-refractivity contribution is -0.789. The minimum absolute atomic E-state index is 0.0880. The highest BCUT2D eigenvalue weighted by Crippen LogP contribution is 2.48. The van der Waals surface area contributed by atoms with Crippen LogP contribution in [0, 0.1) is 6.92 Å². The Hall–Kier alpha value is -3.61. The van der Waals surface area contributed by atoms with Gasteiger partial charge in [-0.1, -0.05) is 24.3 Å². The zero-order valence-electron chi connectivity index (χ0n) is 17.6. The number of carbonyl (C=O) groups excluding carboxylic acids is 1. The van der Waals surface area contributed by atoms with Crippen molar-refractivity contribution in [2.24, 2.45) is 5.73 Å². The highest BCUT2D eigenvalue weighted by Gasteiger charge is 2.60. The second kappa shape index (κ2) is 5.95. The molecule has 2 aromatic carbocycles.